The number of nitrogens with one attached hydrogen (secondary N) is 2. The molecule has 0 heterocycles. The second-order valence-electron chi connectivity index (χ2n) is 6.34. The second kappa shape index (κ2) is 8.15. The fraction of sp³-hybridized carbons (Fsp3) is 0.529. The number of hydrogen-bond acceptors (Lipinski definition) is 4. The predicted molar refractivity (Wildman–Crippen MR) is 90.6 cm³/mol. The molecule has 2 N–H and O–H groups in total. The van der Waals surface area contributed by atoms with Crippen molar-refractivity contribution < 1.29 is 13.2 Å². The first kappa shape index (κ1) is 18.3. The zero-order valence-electron chi connectivity index (χ0n) is 13.8. The summed E-state index contributed by atoms with van der Waals surface area (Å²) in [5, 5.41) is 11.3. The van der Waals surface area contributed by atoms with Crippen molar-refractivity contribution >= 4 is 16.1 Å². The van der Waals surface area contributed by atoms with Crippen LogP contribution in [0.4, 0.5) is 4.79 Å². The number of nitrogens with zero attached hydrogens (tertiary/aromatic N) is 1. The minimum Gasteiger partial charge on any atom is -0.335 e. The van der Waals surface area contributed by atoms with Gasteiger partial charge in [0.25, 0.3) is 10.0 Å². The lowest BCUT2D eigenvalue weighted by molar-refractivity contribution is 0.233. The monoisotopic (exact) mass is 349 g/mol. The van der Waals surface area contributed by atoms with Crippen molar-refractivity contribution in [3.05, 3.63) is 29.8 Å². The largest absolute Gasteiger partial charge is 0.335 e. The number of sulfonamides is 1. The maximum atomic E-state index is 12.2. The highest BCUT2D eigenvalue weighted by atomic mass is 32.2. The second-order valence-corrected chi connectivity index (χ2v) is 8.02. The van der Waals surface area contributed by atoms with E-state index in [0.29, 0.717) is 18.8 Å². The number of hydrogen-bond donors (Lipinski definition) is 2. The van der Waals surface area contributed by atoms with Crippen LogP contribution >= 0.6 is 0 Å². The molecule has 0 saturated heterocycles. The van der Waals surface area contributed by atoms with Gasteiger partial charge in [-0.2, -0.15) is 5.26 Å². The Kier molecular flexibility index (Phi) is 6.21. The van der Waals surface area contributed by atoms with Crippen LogP contribution in [-0.4, -0.2) is 20.5 Å². The number of urea groups is 1. The highest BCUT2D eigenvalue weighted by molar-refractivity contribution is 7.90. The molecule has 7 heteroatoms. The lowest BCUT2D eigenvalue weighted by atomic mass is 9.87. The van der Waals surface area contributed by atoms with Gasteiger partial charge in [0, 0.05) is 12.5 Å². The minimum absolute atomic E-state index is 0.0322. The molecule has 2 rings (SSSR count). The highest BCUT2D eigenvalue weighted by Crippen LogP contribution is 2.23. The van der Waals surface area contributed by atoms with Gasteiger partial charge in [0.05, 0.1) is 11.0 Å². The van der Waals surface area contributed by atoms with Gasteiger partial charge in [-0.1, -0.05) is 19.1 Å². The van der Waals surface area contributed by atoms with Gasteiger partial charge in [-0.15, -0.1) is 0 Å². The van der Waals surface area contributed by atoms with Gasteiger partial charge < -0.3 is 5.32 Å². The van der Waals surface area contributed by atoms with Crippen molar-refractivity contribution in [2.45, 2.75) is 56.4 Å². The maximum Gasteiger partial charge on any atom is 0.328 e. The summed E-state index contributed by atoms with van der Waals surface area (Å²) in [7, 11) is -3.89. The third-order valence-electron chi connectivity index (χ3n) is 4.34. The molecule has 0 atom stereocenters. The molecule has 1 aromatic carbocycles. The van der Waals surface area contributed by atoms with E-state index in [9.17, 15) is 13.2 Å². The Morgan fingerprint density at radius 3 is 2.42 bits per heavy atom. The van der Waals surface area contributed by atoms with E-state index in [1.54, 1.807) is 12.1 Å². The van der Waals surface area contributed by atoms with Gasteiger partial charge in [0.15, 0.2) is 0 Å². The fourth-order valence-electron chi connectivity index (χ4n) is 2.84. The van der Waals surface area contributed by atoms with Crippen LogP contribution in [0.3, 0.4) is 0 Å². The van der Waals surface area contributed by atoms with Crippen molar-refractivity contribution in [1.29, 1.82) is 5.26 Å². The molecule has 24 heavy (non-hydrogen) atoms. The molecule has 1 fully saturated rings. The normalized spacial score (nSPS) is 20.8. The first-order valence-electron chi connectivity index (χ1n) is 8.20. The summed E-state index contributed by atoms with van der Waals surface area (Å²) in [4.78, 5) is 12.0. The Bertz CT molecular complexity index is 700. The minimum atomic E-state index is -3.89. The number of carbonyl (C=O) groups excluding carboxylic acids is 1. The van der Waals surface area contributed by atoms with Crippen molar-refractivity contribution in [2.24, 2.45) is 5.92 Å². The molecule has 1 aliphatic carbocycles. The van der Waals surface area contributed by atoms with Gasteiger partial charge in [-0.3, -0.25) is 0 Å². The zero-order chi connectivity index (χ0) is 17.6. The van der Waals surface area contributed by atoms with Crippen LogP contribution in [0, 0.1) is 17.2 Å². The van der Waals surface area contributed by atoms with Gasteiger partial charge in [-0.25, -0.2) is 17.9 Å². The van der Waals surface area contributed by atoms with Crippen LogP contribution in [0.15, 0.2) is 29.2 Å². The number of aryl methyl sites for hydroxylation is 1. The molecule has 2 amide bonds. The standard InChI is InChI=1S/C17H23N3O3S/c1-13-4-8-15(9-5-13)19-17(21)20-24(22,23)16-10-6-14(7-11-16)3-2-12-18/h6-7,10-11,13,15H,2-5,8-9H2,1H3,(H2,19,20,21). The Labute approximate surface area is 143 Å². The smallest absolute Gasteiger partial charge is 0.328 e. The molecule has 0 aliphatic heterocycles. The van der Waals surface area contributed by atoms with E-state index in [1.165, 1.54) is 12.1 Å². The molecule has 1 aromatic rings. The summed E-state index contributed by atoms with van der Waals surface area (Å²) >= 11 is 0. The highest BCUT2D eigenvalue weighted by Gasteiger charge is 2.22. The molecule has 6 nitrogen and oxygen atoms in total. The van der Waals surface area contributed by atoms with E-state index in [-0.39, 0.29) is 10.9 Å². The summed E-state index contributed by atoms with van der Waals surface area (Å²) in [6.07, 6.45) is 4.80. The topological polar surface area (TPSA) is 99.1 Å². The molecular formula is C17H23N3O3S. The lowest BCUT2D eigenvalue weighted by Gasteiger charge is -2.26. The Balaban J connectivity index is 1.92. The van der Waals surface area contributed by atoms with Crippen LogP contribution < -0.4 is 10.0 Å². The molecular weight excluding hydrogens is 326 g/mol. The predicted octanol–water partition coefficient (Wildman–Crippen LogP) is 2.71. The Hall–Kier alpha value is -2.07. The van der Waals surface area contributed by atoms with Crippen LogP contribution in [0.2, 0.25) is 0 Å². The summed E-state index contributed by atoms with van der Waals surface area (Å²) in [5.41, 5.74) is 0.885. The molecule has 0 spiro atoms. The van der Waals surface area contributed by atoms with Crippen LogP contribution in [0.1, 0.15) is 44.6 Å². The van der Waals surface area contributed by atoms with E-state index in [4.69, 9.17) is 5.26 Å². The van der Waals surface area contributed by atoms with Crippen LogP contribution in [0.25, 0.3) is 0 Å². The van der Waals surface area contributed by atoms with Gasteiger partial charge in [0.2, 0.25) is 0 Å². The summed E-state index contributed by atoms with van der Waals surface area (Å²) in [5.74, 6) is 0.661. The Morgan fingerprint density at radius 2 is 1.83 bits per heavy atom. The average Bonchev–Trinajstić information content (AvgIpc) is 2.55. The molecule has 0 aromatic heterocycles. The SMILES string of the molecule is CC1CCC(NC(=O)NS(=O)(=O)c2ccc(CCC#N)cc2)CC1. The van der Waals surface area contributed by atoms with Gasteiger partial charge in [0.1, 0.15) is 0 Å². The van der Waals surface area contributed by atoms with Crippen molar-refractivity contribution in [3.63, 3.8) is 0 Å². The van der Waals surface area contributed by atoms with Crippen molar-refractivity contribution in [1.82, 2.24) is 10.0 Å². The van der Waals surface area contributed by atoms with Crippen LogP contribution in [0.5, 0.6) is 0 Å². The van der Waals surface area contributed by atoms with E-state index >= 15 is 0 Å². The molecule has 0 bridgehead atoms. The third kappa shape index (κ3) is 5.24. The number of amides is 2. The molecule has 0 radical (unpaired) electrons. The quantitative estimate of drug-likeness (QED) is 0.853. The fourth-order valence-corrected chi connectivity index (χ4v) is 3.75. The molecule has 0 unspecified atom stereocenters. The summed E-state index contributed by atoms with van der Waals surface area (Å²) in [6, 6.07) is 7.62. The average molecular weight is 349 g/mol. The van der Waals surface area contributed by atoms with Crippen molar-refractivity contribution in [3.8, 4) is 6.07 Å². The number of nitriles is 1. The van der Waals surface area contributed by atoms with E-state index in [1.807, 2.05) is 6.07 Å². The first-order chi connectivity index (χ1) is 11.4. The number of rotatable bonds is 5. The Morgan fingerprint density at radius 1 is 1.21 bits per heavy atom. The summed E-state index contributed by atoms with van der Waals surface area (Å²) < 4.78 is 26.5. The van der Waals surface area contributed by atoms with Crippen LogP contribution in [-0.2, 0) is 16.4 Å². The first-order valence-corrected chi connectivity index (χ1v) is 9.68. The lowest BCUT2D eigenvalue weighted by Crippen LogP contribution is -2.45. The van der Waals surface area contributed by atoms with Crippen molar-refractivity contribution in [2.75, 3.05) is 0 Å². The van der Waals surface area contributed by atoms with E-state index in [2.05, 4.69) is 17.0 Å². The van der Waals surface area contributed by atoms with Gasteiger partial charge >= 0.3 is 6.03 Å². The van der Waals surface area contributed by atoms with Gasteiger partial charge in [-0.05, 0) is 55.7 Å². The summed E-state index contributed by atoms with van der Waals surface area (Å²) in [6.45, 7) is 2.18. The zero-order valence-corrected chi connectivity index (χ0v) is 14.6. The van der Waals surface area contributed by atoms with E-state index < -0.39 is 16.1 Å². The molecule has 1 saturated carbocycles. The third-order valence-corrected chi connectivity index (χ3v) is 5.68. The molecule has 1 aliphatic rings. The van der Waals surface area contributed by atoms with E-state index in [0.717, 1.165) is 31.2 Å². The maximum absolute atomic E-state index is 12.2. The number of benzene rings is 1. The molecule has 130 valence electrons. The number of carbonyl (C=O) groups is 1.